The van der Waals surface area contributed by atoms with E-state index in [0.717, 1.165) is 0 Å². The van der Waals surface area contributed by atoms with Crippen LogP contribution >= 0.6 is 0 Å². The molecule has 3 heteroatoms. The maximum absolute atomic E-state index is 11.8. The molecule has 0 saturated heterocycles. The number of amides is 1. The Morgan fingerprint density at radius 3 is 2.47 bits per heavy atom. The van der Waals surface area contributed by atoms with Crippen LogP contribution in [0.5, 0.6) is 0 Å². The van der Waals surface area contributed by atoms with Crippen molar-refractivity contribution >= 4 is 5.91 Å². The van der Waals surface area contributed by atoms with Gasteiger partial charge in [-0.3, -0.25) is 4.79 Å². The van der Waals surface area contributed by atoms with Crippen LogP contribution in [-0.4, -0.2) is 23.7 Å². The van der Waals surface area contributed by atoms with Crippen LogP contribution in [0.2, 0.25) is 0 Å². The molecular weight excluding hydrogens is 238 g/mol. The summed E-state index contributed by atoms with van der Waals surface area (Å²) < 4.78 is 0. The molecule has 1 atom stereocenters. The third kappa shape index (κ3) is 4.06. The molecule has 2 rings (SSSR count). The molecule has 1 aromatic carbocycles. The average molecular weight is 261 g/mol. The van der Waals surface area contributed by atoms with Gasteiger partial charge < -0.3 is 10.4 Å². The van der Waals surface area contributed by atoms with Crippen molar-refractivity contribution in [3.8, 4) is 0 Å². The number of rotatable bonds is 4. The van der Waals surface area contributed by atoms with Crippen LogP contribution in [0.4, 0.5) is 0 Å². The van der Waals surface area contributed by atoms with Crippen molar-refractivity contribution in [1.29, 1.82) is 0 Å². The first-order valence-corrected chi connectivity index (χ1v) is 7.23. The Morgan fingerprint density at radius 2 is 1.89 bits per heavy atom. The third-order valence-electron chi connectivity index (χ3n) is 3.81. The highest BCUT2D eigenvalue weighted by molar-refractivity contribution is 5.94. The van der Waals surface area contributed by atoms with Gasteiger partial charge in [0.1, 0.15) is 0 Å². The van der Waals surface area contributed by atoms with Crippen LogP contribution in [0.15, 0.2) is 24.3 Å². The Balaban J connectivity index is 1.95. The van der Waals surface area contributed by atoms with E-state index in [0.29, 0.717) is 18.0 Å². The lowest BCUT2D eigenvalue weighted by atomic mass is 9.84. The smallest absolute Gasteiger partial charge is 0.251 e. The summed E-state index contributed by atoms with van der Waals surface area (Å²) in [6, 6.07) is 7.93. The van der Waals surface area contributed by atoms with E-state index in [2.05, 4.69) is 17.4 Å². The second-order valence-electron chi connectivity index (χ2n) is 5.52. The Hall–Kier alpha value is -1.35. The lowest BCUT2D eigenvalue weighted by Crippen LogP contribution is -2.30. The molecule has 0 aromatic heterocycles. The second-order valence-corrected chi connectivity index (χ2v) is 5.52. The number of hydrogen-bond donors (Lipinski definition) is 2. The molecule has 104 valence electrons. The Bertz CT molecular complexity index is 405. The van der Waals surface area contributed by atoms with Crippen molar-refractivity contribution in [2.45, 2.75) is 51.0 Å². The summed E-state index contributed by atoms with van der Waals surface area (Å²) in [5.41, 5.74) is 2.02. The fraction of sp³-hybridized carbons (Fsp3) is 0.562. The molecular formula is C16H23NO2. The summed E-state index contributed by atoms with van der Waals surface area (Å²) in [7, 11) is 0. The van der Waals surface area contributed by atoms with E-state index in [1.807, 2.05) is 12.1 Å². The van der Waals surface area contributed by atoms with Crippen LogP contribution in [0, 0.1) is 0 Å². The summed E-state index contributed by atoms with van der Waals surface area (Å²) in [5, 5.41) is 11.9. The van der Waals surface area contributed by atoms with Crippen molar-refractivity contribution in [1.82, 2.24) is 5.32 Å². The lowest BCUT2D eigenvalue weighted by molar-refractivity contribution is 0.0924. The molecule has 19 heavy (non-hydrogen) atoms. The zero-order valence-corrected chi connectivity index (χ0v) is 11.6. The van der Waals surface area contributed by atoms with Crippen molar-refractivity contribution < 1.29 is 9.90 Å². The van der Waals surface area contributed by atoms with Gasteiger partial charge >= 0.3 is 0 Å². The zero-order valence-electron chi connectivity index (χ0n) is 11.6. The Morgan fingerprint density at radius 1 is 1.26 bits per heavy atom. The van der Waals surface area contributed by atoms with Gasteiger partial charge in [0, 0.05) is 12.1 Å². The molecule has 1 aromatic rings. The minimum atomic E-state index is -0.509. The van der Waals surface area contributed by atoms with Crippen molar-refractivity contribution in [3.05, 3.63) is 35.4 Å². The zero-order chi connectivity index (χ0) is 13.7. The molecule has 1 saturated carbocycles. The molecule has 0 spiro atoms. The molecule has 0 heterocycles. The van der Waals surface area contributed by atoms with Gasteiger partial charge in [-0.05, 0) is 43.4 Å². The maximum atomic E-state index is 11.8. The van der Waals surface area contributed by atoms with Gasteiger partial charge in [0.2, 0.25) is 0 Å². The average Bonchev–Trinajstić information content (AvgIpc) is 2.46. The van der Waals surface area contributed by atoms with Crippen molar-refractivity contribution in [2.75, 3.05) is 6.54 Å². The van der Waals surface area contributed by atoms with Crippen LogP contribution in [-0.2, 0) is 0 Å². The monoisotopic (exact) mass is 261 g/mol. The summed E-state index contributed by atoms with van der Waals surface area (Å²) in [6.45, 7) is 1.95. The maximum Gasteiger partial charge on any atom is 0.251 e. The summed E-state index contributed by atoms with van der Waals surface area (Å²) in [5.74, 6) is 0.555. The van der Waals surface area contributed by atoms with E-state index >= 15 is 0 Å². The predicted octanol–water partition coefficient (Wildman–Crippen LogP) is 2.84. The molecule has 1 fully saturated rings. The van der Waals surface area contributed by atoms with Crippen LogP contribution in [0.25, 0.3) is 0 Å². The summed E-state index contributed by atoms with van der Waals surface area (Å²) in [4.78, 5) is 11.8. The minimum absolute atomic E-state index is 0.115. The van der Waals surface area contributed by atoms with Crippen molar-refractivity contribution in [2.24, 2.45) is 0 Å². The predicted molar refractivity (Wildman–Crippen MR) is 76.3 cm³/mol. The first-order chi connectivity index (χ1) is 9.16. The van der Waals surface area contributed by atoms with Crippen molar-refractivity contribution in [3.63, 3.8) is 0 Å². The van der Waals surface area contributed by atoms with E-state index in [9.17, 15) is 4.79 Å². The number of carbonyl (C=O) groups excluding carboxylic acids is 1. The highest BCUT2D eigenvalue weighted by Crippen LogP contribution is 2.32. The molecule has 0 radical (unpaired) electrons. The van der Waals surface area contributed by atoms with Gasteiger partial charge in [0.05, 0.1) is 6.10 Å². The summed E-state index contributed by atoms with van der Waals surface area (Å²) in [6.07, 6.45) is 6.03. The molecule has 0 unspecified atom stereocenters. The molecule has 1 amide bonds. The van der Waals surface area contributed by atoms with Gasteiger partial charge in [-0.15, -0.1) is 0 Å². The van der Waals surface area contributed by atoms with E-state index in [1.165, 1.54) is 37.7 Å². The molecule has 0 bridgehead atoms. The highest BCUT2D eigenvalue weighted by Gasteiger charge is 2.15. The Kier molecular flexibility index (Phi) is 4.97. The standard InChI is InChI=1S/C16H23NO2/c1-12(18)11-17-16(19)15-9-7-14(8-10-15)13-5-3-2-4-6-13/h7-10,12-13,18H,2-6,11H2,1H3,(H,17,19)/t12-/m0/s1. The SMILES string of the molecule is C[C@H](O)CNC(=O)c1ccc(C2CCCCC2)cc1. The molecule has 3 nitrogen and oxygen atoms in total. The number of carbonyl (C=O) groups is 1. The fourth-order valence-electron chi connectivity index (χ4n) is 2.69. The van der Waals surface area contributed by atoms with Gasteiger partial charge in [-0.2, -0.15) is 0 Å². The van der Waals surface area contributed by atoms with E-state index in [1.54, 1.807) is 6.92 Å². The van der Waals surface area contributed by atoms with E-state index < -0.39 is 6.10 Å². The van der Waals surface area contributed by atoms with Gasteiger partial charge in [-0.25, -0.2) is 0 Å². The molecule has 1 aliphatic rings. The van der Waals surface area contributed by atoms with Crippen LogP contribution < -0.4 is 5.32 Å². The first kappa shape index (κ1) is 14.1. The third-order valence-corrected chi connectivity index (χ3v) is 3.81. The Labute approximate surface area is 115 Å². The second kappa shape index (κ2) is 6.71. The fourth-order valence-corrected chi connectivity index (χ4v) is 2.69. The highest BCUT2D eigenvalue weighted by atomic mass is 16.3. The lowest BCUT2D eigenvalue weighted by Gasteiger charge is -2.22. The van der Waals surface area contributed by atoms with Crippen LogP contribution in [0.1, 0.15) is 60.9 Å². The topological polar surface area (TPSA) is 49.3 Å². The quantitative estimate of drug-likeness (QED) is 0.875. The number of nitrogens with one attached hydrogen (secondary N) is 1. The normalized spacial score (nSPS) is 18.0. The van der Waals surface area contributed by atoms with Gasteiger partial charge in [0.25, 0.3) is 5.91 Å². The van der Waals surface area contributed by atoms with E-state index in [4.69, 9.17) is 5.11 Å². The molecule has 0 aliphatic heterocycles. The number of benzene rings is 1. The van der Waals surface area contributed by atoms with Gasteiger partial charge in [-0.1, -0.05) is 31.4 Å². The number of hydrogen-bond acceptors (Lipinski definition) is 2. The number of aliphatic hydroxyl groups excluding tert-OH is 1. The number of aliphatic hydroxyl groups is 1. The molecule has 1 aliphatic carbocycles. The largest absolute Gasteiger partial charge is 0.392 e. The van der Waals surface area contributed by atoms with E-state index in [-0.39, 0.29) is 5.91 Å². The molecule has 2 N–H and O–H groups in total. The van der Waals surface area contributed by atoms with Crippen LogP contribution in [0.3, 0.4) is 0 Å². The first-order valence-electron chi connectivity index (χ1n) is 7.23. The summed E-state index contributed by atoms with van der Waals surface area (Å²) >= 11 is 0. The van der Waals surface area contributed by atoms with Gasteiger partial charge in [0.15, 0.2) is 0 Å². The minimum Gasteiger partial charge on any atom is -0.392 e.